The van der Waals surface area contributed by atoms with Crippen molar-refractivity contribution in [1.29, 1.82) is 0 Å². The van der Waals surface area contributed by atoms with Gasteiger partial charge >= 0.3 is 0 Å². The Hall–Kier alpha value is -0.980. The molecule has 0 amide bonds. The molecule has 5 heteroatoms. The summed E-state index contributed by atoms with van der Waals surface area (Å²) in [6.07, 6.45) is 1.02. The average Bonchev–Trinajstić information content (AvgIpc) is 3.00. The molecule has 0 aliphatic carbocycles. The maximum Gasteiger partial charge on any atom is 0.171 e. The predicted molar refractivity (Wildman–Crippen MR) is 97.9 cm³/mol. The zero-order valence-electron chi connectivity index (χ0n) is 11.3. The van der Waals surface area contributed by atoms with Crippen molar-refractivity contribution in [3.05, 3.63) is 56.1 Å². The van der Waals surface area contributed by atoms with Gasteiger partial charge in [-0.2, -0.15) is 0 Å². The third-order valence-corrected chi connectivity index (χ3v) is 5.93. The fourth-order valence-electron chi connectivity index (χ4n) is 2.01. The Bertz CT molecular complexity index is 771. The van der Waals surface area contributed by atoms with E-state index in [1.807, 2.05) is 30.3 Å². The Morgan fingerprint density at radius 3 is 2.52 bits per heavy atom. The minimum Gasteiger partial charge on any atom is -0.226 e. The average molecular weight is 427 g/mol. The molecule has 1 aromatic carbocycles. The van der Waals surface area contributed by atoms with Crippen LogP contribution in [0.5, 0.6) is 0 Å². The lowest BCUT2D eigenvalue weighted by atomic mass is 10.1. The number of rotatable bonds is 3. The highest BCUT2D eigenvalue weighted by Gasteiger charge is 2.14. The van der Waals surface area contributed by atoms with Crippen molar-refractivity contribution < 1.29 is 0 Å². The van der Waals surface area contributed by atoms with Crippen LogP contribution in [0.4, 0.5) is 0 Å². The molecule has 0 fully saturated rings. The van der Waals surface area contributed by atoms with Crippen molar-refractivity contribution >= 4 is 45.5 Å². The normalized spacial score (nSPS) is 10.8. The van der Waals surface area contributed by atoms with Crippen LogP contribution in [0.15, 0.2) is 42.5 Å². The first-order valence-corrected chi connectivity index (χ1v) is 8.84. The zero-order valence-corrected chi connectivity index (χ0v) is 15.0. The Kier molecular flexibility index (Phi) is 4.57. The van der Waals surface area contributed by atoms with Gasteiger partial charge in [-0.05, 0) is 41.1 Å². The summed E-state index contributed by atoms with van der Waals surface area (Å²) in [7, 11) is 0. The van der Waals surface area contributed by atoms with Gasteiger partial charge in [0.25, 0.3) is 0 Å². The van der Waals surface area contributed by atoms with Crippen LogP contribution in [-0.4, -0.2) is 9.97 Å². The molecule has 2 heterocycles. The van der Waals surface area contributed by atoms with E-state index in [1.54, 1.807) is 11.3 Å². The minimum atomic E-state index is 0.505. The summed E-state index contributed by atoms with van der Waals surface area (Å²) in [4.78, 5) is 11.5. The van der Waals surface area contributed by atoms with Crippen molar-refractivity contribution in [1.82, 2.24) is 9.97 Å². The topological polar surface area (TPSA) is 25.8 Å². The molecule has 0 atom stereocenters. The second kappa shape index (κ2) is 6.42. The van der Waals surface area contributed by atoms with Crippen LogP contribution in [0, 0.1) is 3.57 Å². The number of nitrogens with zero attached hydrogens (tertiary/aromatic N) is 2. The van der Waals surface area contributed by atoms with Gasteiger partial charge in [-0.25, -0.2) is 9.97 Å². The fraction of sp³-hybridized carbons (Fsp3) is 0.125. The lowest BCUT2D eigenvalue weighted by Gasteiger charge is -2.07. The fourth-order valence-corrected chi connectivity index (χ4v) is 3.61. The highest BCUT2D eigenvalue weighted by atomic mass is 127. The molecule has 3 aromatic rings. The summed E-state index contributed by atoms with van der Waals surface area (Å²) in [5, 5.41) is 0.505. The number of benzene rings is 1. The van der Waals surface area contributed by atoms with E-state index >= 15 is 0 Å². The third-order valence-electron chi connectivity index (χ3n) is 3.09. The van der Waals surface area contributed by atoms with Crippen LogP contribution in [0.25, 0.3) is 22.0 Å². The monoisotopic (exact) mass is 426 g/mol. The van der Waals surface area contributed by atoms with E-state index in [-0.39, 0.29) is 0 Å². The smallest absolute Gasteiger partial charge is 0.171 e. The van der Waals surface area contributed by atoms with Crippen LogP contribution < -0.4 is 0 Å². The molecule has 0 spiro atoms. The minimum absolute atomic E-state index is 0.505. The zero-order chi connectivity index (χ0) is 14.8. The Morgan fingerprint density at radius 2 is 1.86 bits per heavy atom. The summed E-state index contributed by atoms with van der Waals surface area (Å²) in [5.41, 5.74) is 1.94. The number of hydrogen-bond acceptors (Lipinski definition) is 3. The van der Waals surface area contributed by atoms with Gasteiger partial charge in [0.05, 0.1) is 14.1 Å². The van der Waals surface area contributed by atoms with Gasteiger partial charge < -0.3 is 0 Å². The highest BCUT2D eigenvalue weighted by molar-refractivity contribution is 14.1. The maximum absolute atomic E-state index is 6.31. The second-order valence-corrected chi connectivity index (χ2v) is 7.09. The Balaban J connectivity index is 2.14. The molecular weight excluding hydrogens is 415 g/mol. The number of halogens is 2. The predicted octanol–water partition coefficient (Wildman–Crippen LogP) is 5.69. The quantitative estimate of drug-likeness (QED) is 0.397. The first kappa shape index (κ1) is 14.9. The number of aryl methyl sites for hydroxylation is 1. The van der Waals surface area contributed by atoms with Gasteiger partial charge in [0.15, 0.2) is 5.82 Å². The molecular formula is C16H12ClIN2S. The first-order valence-electron chi connectivity index (χ1n) is 6.56. The van der Waals surface area contributed by atoms with Gasteiger partial charge in [-0.1, -0.05) is 48.9 Å². The molecule has 0 aliphatic heterocycles. The van der Waals surface area contributed by atoms with Crippen molar-refractivity contribution in [3.8, 4) is 22.0 Å². The van der Waals surface area contributed by atoms with E-state index in [1.165, 1.54) is 4.88 Å². The van der Waals surface area contributed by atoms with Crippen LogP contribution >= 0.6 is 45.5 Å². The molecule has 0 saturated heterocycles. The summed E-state index contributed by atoms with van der Waals surface area (Å²) < 4.78 is 0.886. The van der Waals surface area contributed by atoms with E-state index in [2.05, 4.69) is 46.6 Å². The largest absolute Gasteiger partial charge is 0.226 e. The molecule has 3 rings (SSSR count). The molecule has 106 valence electrons. The van der Waals surface area contributed by atoms with Crippen LogP contribution in [-0.2, 0) is 6.42 Å². The van der Waals surface area contributed by atoms with Crippen LogP contribution in [0.2, 0.25) is 5.15 Å². The maximum atomic E-state index is 6.31. The lowest BCUT2D eigenvalue weighted by molar-refractivity contribution is 1.17. The number of thiophene rings is 1. The lowest BCUT2D eigenvalue weighted by Crippen LogP contribution is -1.96. The van der Waals surface area contributed by atoms with Crippen molar-refractivity contribution in [2.24, 2.45) is 0 Å². The summed E-state index contributed by atoms with van der Waals surface area (Å²) in [6, 6.07) is 14.3. The van der Waals surface area contributed by atoms with E-state index < -0.39 is 0 Å². The van der Waals surface area contributed by atoms with E-state index in [9.17, 15) is 0 Å². The number of hydrogen-bond donors (Lipinski definition) is 0. The van der Waals surface area contributed by atoms with Crippen molar-refractivity contribution in [2.75, 3.05) is 0 Å². The van der Waals surface area contributed by atoms with Crippen LogP contribution in [0.1, 0.15) is 11.8 Å². The highest BCUT2D eigenvalue weighted by Crippen LogP contribution is 2.32. The molecule has 0 unspecified atom stereocenters. The Morgan fingerprint density at radius 1 is 1.10 bits per heavy atom. The van der Waals surface area contributed by atoms with Gasteiger partial charge in [0.2, 0.25) is 0 Å². The molecule has 0 saturated carbocycles. The van der Waals surface area contributed by atoms with Gasteiger partial charge in [0, 0.05) is 10.4 Å². The molecule has 2 nitrogen and oxygen atoms in total. The Labute approximate surface area is 146 Å². The molecule has 0 aliphatic rings. The van der Waals surface area contributed by atoms with Gasteiger partial charge in [-0.15, -0.1) is 11.3 Å². The van der Waals surface area contributed by atoms with Crippen LogP contribution in [0.3, 0.4) is 0 Å². The molecule has 0 bridgehead atoms. The third kappa shape index (κ3) is 3.12. The summed E-state index contributed by atoms with van der Waals surface area (Å²) >= 11 is 10.2. The summed E-state index contributed by atoms with van der Waals surface area (Å²) in [6.45, 7) is 2.15. The standard InChI is InChI=1S/C16H12ClIN2S/c1-2-11-8-9-12(21-11)16-19-14(13(18)15(17)20-16)10-6-4-3-5-7-10/h3-9H,2H2,1H3. The second-order valence-electron chi connectivity index (χ2n) is 4.49. The summed E-state index contributed by atoms with van der Waals surface area (Å²) in [5.74, 6) is 0.698. The van der Waals surface area contributed by atoms with Crippen molar-refractivity contribution in [3.63, 3.8) is 0 Å². The number of aromatic nitrogens is 2. The van der Waals surface area contributed by atoms with Gasteiger partial charge in [0.1, 0.15) is 5.15 Å². The molecule has 2 aromatic heterocycles. The van der Waals surface area contributed by atoms with Crippen molar-refractivity contribution in [2.45, 2.75) is 13.3 Å². The van der Waals surface area contributed by atoms with E-state index in [0.29, 0.717) is 11.0 Å². The molecule has 0 N–H and O–H groups in total. The van der Waals surface area contributed by atoms with Gasteiger partial charge in [-0.3, -0.25) is 0 Å². The molecule has 21 heavy (non-hydrogen) atoms. The van der Waals surface area contributed by atoms with E-state index in [0.717, 1.165) is 26.1 Å². The first-order chi connectivity index (χ1) is 10.2. The molecule has 0 radical (unpaired) electrons. The van der Waals surface area contributed by atoms with E-state index in [4.69, 9.17) is 16.6 Å². The SMILES string of the molecule is CCc1ccc(-c2nc(Cl)c(I)c(-c3ccccc3)n2)s1.